The first-order chi connectivity index (χ1) is 8.66. The molecule has 98 valence electrons. The number of ether oxygens (including phenoxy) is 1. The number of hydrogen-bond donors (Lipinski definition) is 1. The van der Waals surface area contributed by atoms with Gasteiger partial charge in [-0.3, -0.25) is 4.90 Å². The Bertz CT molecular complexity index is 431. The summed E-state index contributed by atoms with van der Waals surface area (Å²) in [4.78, 5) is 2.56. The minimum atomic E-state index is -0.254. The predicted octanol–water partition coefficient (Wildman–Crippen LogP) is 1.68. The van der Waals surface area contributed by atoms with E-state index in [1.807, 2.05) is 0 Å². The Labute approximate surface area is 112 Å². The van der Waals surface area contributed by atoms with Crippen LogP contribution in [-0.2, 0) is 11.3 Å². The van der Waals surface area contributed by atoms with E-state index in [0.29, 0.717) is 11.5 Å². The summed E-state index contributed by atoms with van der Waals surface area (Å²) in [6.07, 6.45) is 0.998. The van der Waals surface area contributed by atoms with Gasteiger partial charge >= 0.3 is 0 Å². The standard InChI is InChI=1S/C13H17FN2OS/c14-11-2-3-12(13(15)18)10(8-11)9-16-4-1-6-17-7-5-16/h2-3,8H,1,4-7,9H2,(H2,15,18). The Morgan fingerprint density at radius 1 is 1.39 bits per heavy atom. The first-order valence-corrected chi connectivity index (χ1v) is 6.46. The molecule has 5 heteroatoms. The molecule has 1 aliphatic heterocycles. The molecule has 0 atom stereocenters. The van der Waals surface area contributed by atoms with E-state index in [9.17, 15) is 4.39 Å². The molecule has 1 aliphatic rings. The molecule has 0 saturated carbocycles. The van der Waals surface area contributed by atoms with Crippen LogP contribution >= 0.6 is 12.2 Å². The van der Waals surface area contributed by atoms with E-state index in [-0.39, 0.29) is 5.82 Å². The van der Waals surface area contributed by atoms with Gasteiger partial charge in [0.25, 0.3) is 0 Å². The second-order valence-electron chi connectivity index (χ2n) is 4.41. The molecule has 0 aliphatic carbocycles. The van der Waals surface area contributed by atoms with Gasteiger partial charge in [-0.2, -0.15) is 0 Å². The number of hydrogen-bond acceptors (Lipinski definition) is 3. The minimum Gasteiger partial charge on any atom is -0.389 e. The lowest BCUT2D eigenvalue weighted by molar-refractivity contribution is 0.140. The third-order valence-electron chi connectivity index (χ3n) is 3.04. The molecule has 1 saturated heterocycles. The molecule has 1 aromatic carbocycles. The molecule has 1 aromatic rings. The van der Waals surface area contributed by atoms with Crippen LogP contribution in [-0.4, -0.2) is 36.2 Å². The third-order valence-corrected chi connectivity index (χ3v) is 3.26. The van der Waals surface area contributed by atoms with Gasteiger partial charge < -0.3 is 10.5 Å². The lowest BCUT2D eigenvalue weighted by Crippen LogP contribution is -2.27. The van der Waals surface area contributed by atoms with E-state index in [1.165, 1.54) is 12.1 Å². The largest absolute Gasteiger partial charge is 0.389 e. The number of rotatable bonds is 3. The summed E-state index contributed by atoms with van der Waals surface area (Å²) in [7, 11) is 0. The molecule has 1 fully saturated rings. The number of nitrogens with two attached hydrogens (primary N) is 1. The van der Waals surface area contributed by atoms with Gasteiger partial charge in [0, 0.05) is 31.8 Å². The maximum Gasteiger partial charge on any atom is 0.123 e. The zero-order chi connectivity index (χ0) is 13.0. The highest BCUT2D eigenvalue weighted by Crippen LogP contribution is 2.15. The summed E-state index contributed by atoms with van der Waals surface area (Å²) < 4.78 is 18.7. The van der Waals surface area contributed by atoms with E-state index in [2.05, 4.69) is 4.90 Å². The van der Waals surface area contributed by atoms with Crippen molar-refractivity contribution in [1.82, 2.24) is 4.90 Å². The van der Waals surface area contributed by atoms with Crippen LogP contribution in [0.3, 0.4) is 0 Å². The second kappa shape index (κ2) is 6.22. The highest BCUT2D eigenvalue weighted by Gasteiger charge is 2.13. The van der Waals surface area contributed by atoms with Crippen molar-refractivity contribution in [2.45, 2.75) is 13.0 Å². The summed E-state index contributed by atoms with van der Waals surface area (Å²) in [6.45, 7) is 3.98. The van der Waals surface area contributed by atoms with Gasteiger partial charge in [-0.1, -0.05) is 12.2 Å². The third kappa shape index (κ3) is 3.48. The fraction of sp³-hybridized carbons (Fsp3) is 0.462. The van der Waals surface area contributed by atoms with E-state index in [0.717, 1.165) is 43.9 Å². The van der Waals surface area contributed by atoms with Crippen LogP contribution < -0.4 is 5.73 Å². The van der Waals surface area contributed by atoms with E-state index in [1.54, 1.807) is 6.07 Å². The van der Waals surface area contributed by atoms with Crippen molar-refractivity contribution >= 4 is 17.2 Å². The molecular formula is C13H17FN2OS. The van der Waals surface area contributed by atoms with Crippen molar-refractivity contribution in [3.63, 3.8) is 0 Å². The van der Waals surface area contributed by atoms with Crippen molar-refractivity contribution in [2.75, 3.05) is 26.3 Å². The number of halogens is 1. The van der Waals surface area contributed by atoms with E-state index < -0.39 is 0 Å². The Balaban J connectivity index is 2.15. The molecule has 0 aromatic heterocycles. The molecule has 0 amide bonds. The van der Waals surface area contributed by atoms with Crippen LogP contribution in [0, 0.1) is 5.82 Å². The fourth-order valence-corrected chi connectivity index (χ4v) is 2.33. The van der Waals surface area contributed by atoms with Crippen LogP contribution in [0.25, 0.3) is 0 Å². The zero-order valence-electron chi connectivity index (χ0n) is 10.2. The quantitative estimate of drug-likeness (QED) is 0.847. The van der Waals surface area contributed by atoms with E-state index >= 15 is 0 Å². The first kappa shape index (κ1) is 13.4. The monoisotopic (exact) mass is 268 g/mol. The summed E-state index contributed by atoms with van der Waals surface area (Å²) in [5.41, 5.74) is 7.28. The predicted molar refractivity (Wildman–Crippen MR) is 73.0 cm³/mol. The molecule has 0 radical (unpaired) electrons. The van der Waals surface area contributed by atoms with Crippen LogP contribution in [0.1, 0.15) is 17.5 Å². The van der Waals surface area contributed by atoms with Crippen LogP contribution in [0.4, 0.5) is 4.39 Å². The lowest BCUT2D eigenvalue weighted by Gasteiger charge is -2.20. The topological polar surface area (TPSA) is 38.5 Å². The summed E-state index contributed by atoms with van der Waals surface area (Å²) in [6, 6.07) is 4.56. The molecule has 2 rings (SSSR count). The van der Waals surface area contributed by atoms with Gasteiger partial charge in [0.1, 0.15) is 10.8 Å². The van der Waals surface area contributed by atoms with Gasteiger partial charge in [0.15, 0.2) is 0 Å². The van der Waals surface area contributed by atoms with Gasteiger partial charge in [0.05, 0.1) is 6.61 Å². The molecule has 0 spiro atoms. The van der Waals surface area contributed by atoms with Crippen LogP contribution in [0.5, 0.6) is 0 Å². The van der Waals surface area contributed by atoms with Gasteiger partial charge in [0.2, 0.25) is 0 Å². The average Bonchev–Trinajstić information content (AvgIpc) is 2.57. The molecule has 0 bridgehead atoms. The number of thiocarbonyl (C=S) groups is 1. The highest BCUT2D eigenvalue weighted by molar-refractivity contribution is 7.80. The van der Waals surface area contributed by atoms with Crippen molar-refractivity contribution in [3.05, 3.63) is 35.1 Å². The smallest absolute Gasteiger partial charge is 0.123 e. The normalized spacial score (nSPS) is 17.4. The van der Waals surface area contributed by atoms with Crippen molar-refractivity contribution in [3.8, 4) is 0 Å². The summed E-state index contributed by atoms with van der Waals surface area (Å²) in [5, 5.41) is 0. The molecule has 1 heterocycles. The van der Waals surface area contributed by atoms with Crippen molar-refractivity contribution < 1.29 is 9.13 Å². The zero-order valence-corrected chi connectivity index (χ0v) is 11.0. The van der Waals surface area contributed by atoms with E-state index in [4.69, 9.17) is 22.7 Å². The number of nitrogens with zero attached hydrogens (tertiary/aromatic N) is 1. The molecule has 3 nitrogen and oxygen atoms in total. The Hall–Kier alpha value is -1.04. The summed E-state index contributed by atoms with van der Waals surface area (Å²) >= 11 is 5.00. The maximum atomic E-state index is 13.3. The minimum absolute atomic E-state index is 0.254. The highest BCUT2D eigenvalue weighted by atomic mass is 32.1. The maximum absolute atomic E-state index is 13.3. The fourth-order valence-electron chi connectivity index (χ4n) is 2.13. The lowest BCUT2D eigenvalue weighted by atomic mass is 10.1. The van der Waals surface area contributed by atoms with Gasteiger partial charge in [-0.15, -0.1) is 0 Å². The van der Waals surface area contributed by atoms with Crippen LogP contribution in [0.15, 0.2) is 18.2 Å². The van der Waals surface area contributed by atoms with Gasteiger partial charge in [-0.25, -0.2) is 4.39 Å². The molecule has 0 unspecified atom stereocenters. The van der Waals surface area contributed by atoms with Crippen molar-refractivity contribution in [1.29, 1.82) is 0 Å². The molecule has 2 N–H and O–H groups in total. The SMILES string of the molecule is NC(=S)c1ccc(F)cc1CN1CCCOCC1. The van der Waals surface area contributed by atoms with Crippen LogP contribution in [0.2, 0.25) is 0 Å². The molecule has 18 heavy (non-hydrogen) atoms. The van der Waals surface area contributed by atoms with Crippen molar-refractivity contribution in [2.24, 2.45) is 5.73 Å². The second-order valence-corrected chi connectivity index (χ2v) is 4.85. The summed E-state index contributed by atoms with van der Waals surface area (Å²) in [5.74, 6) is -0.254. The van der Waals surface area contributed by atoms with Gasteiger partial charge in [-0.05, 0) is 30.2 Å². The first-order valence-electron chi connectivity index (χ1n) is 6.05. The molecular weight excluding hydrogens is 251 g/mol. The Morgan fingerprint density at radius 2 is 2.22 bits per heavy atom. The Kier molecular flexibility index (Phi) is 4.63. The number of benzene rings is 1. The average molecular weight is 268 g/mol. The Morgan fingerprint density at radius 3 is 3.00 bits per heavy atom.